The van der Waals surface area contributed by atoms with Crippen LogP contribution in [0.5, 0.6) is 11.5 Å². The van der Waals surface area contributed by atoms with Crippen LogP contribution >= 0.6 is 0 Å². The number of hydrogen-bond donors (Lipinski definition) is 1. The van der Waals surface area contributed by atoms with Gasteiger partial charge in [0.1, 0.15) is 0 Å². The summed E-state index contributed by atoms with van der Waals surface area (Å²) in [5, 5.41) is 2.87. The van der Waals surface area contributed by atoms with Crippen LogP contribution < -0.4 is 14.8 Å². The van der Waals surface area contributed by atoms with Crippen molar-refractivity contribution in [2.75, 3.05) is 13.3 Å². The van der Waals surface area contributed by atoms with E-state index < -0.39 is 17.5 Å². The quantitative estimate of drug-likeness (QED) is 0.481. The number of Topliss-reactive ketones (excluding diaryl/α,β-unsaturated/α-hetero) is 1. The summed E-state index contributed by atoms with van der Waals surface area (Å²) in [5.41, 5.74) is 0.624. The fourth-order valence-corrected chi connectivity index (χ4v) is 4.12. The minimum Gasteiger partial charge on any atom is -0.454 e. The Labute approximate surface area is 184 Å². The average Bonchev–Trinajstić information content (AvgIpc) is 3.38. The van der Waals surface area contributed by atoms with Crippen molar-refractivity contribution in [3.05, 3.63) is 95.6 Å². The highest BCUT2D eigenvalue weighted by Crippen LogP contribution is 2.35. The maximum Gasteiger partial charge on any atom is 0.325 e. The van der Waals surface area contributed by atoms with Gasteiger partial charge in [-0.15, -0.1) is 0 Å². The van der Waals surface area contributed by atoms with E-state index >= 15 is 0 Å². The zero-order valence-corrected chi connectivity index (χ0v) is 17.1. The molecule has 3 amide bonds. The number of nitrogens with one attached hydrogen (secondary N) is 1. The van der Waals surface area contributed by atoms with Crippen molar-refractivity contribution in [1.82, 2.24) is 10.2 Å². The molecule has 3 aromatic rings. The number of ether oxygens (including phenoxy) is 2. The lowest BCUT2D eigenvalue weighted by Gasteiger charge is -2.27. The van der Waals surface area contributed by atoms with Gasteiger partial charge in [0.2, 0.25) is 6.79 Å². The number of fused-ring (bicyclic) bond motifs is 1. The third-order valence-electron chi connectivity index (χ3n) is 5.75. The lowest BCUT2D eigenvalue weighted by Crippen LogP contribution is -2.46. The Kier molecular flexibility index (Phi) is 4.86. The van der Waals surface area contributed by atoms with Gasteiger partial charge < -0.3 is 14.8 Å². The van der Waals surface area contributed by atoms with Gasteiger partial charge in [0, 0.05) is 12.0 Å². The van der Waals surface area contributed by atoms with Gasteiger partial charge in [-0.3, -0.25) is 14.5 Å². The van der Waals surface area contributed by atoms with E-state index in [0.29, 0.717) is 22.6 Å². The van der Waals surface area contributed by atoms with Crippen molar-refractivity contribution in [3.8, 4) is 11.5 Å². The summed E-state index contributed by atoms with van der Waals surface area (Å²) in [4.78, 5) is 40.5. The summed E-state index contributed by atoms with van der Waals surface area (Å²) in [6.07, 6.45) is 0.275. The van der Waals surface area contributed by atoms with Crippen LogP contribution in [0.25, 0.3) is 0 Å². The normalized spacial score (nSPS) is 19.2. The van der Waals surface area contributed by atoms with Crippen molar-refractivity contribution in [3.63, 3.8) is 0 Å². The number of imide groups is 1. The van der Waals surface area contributed by atoms with Crippen LogP contribution in [0.4, 0.5) is 4.79 Å². The molecule has 0 unspecified atom stereocenters. The second-order valence-electron chi connectivity index (χ2n) is 7.75. The first-order chi connectivity index (χ1) is 15.6. The molecule has 0 aromatic heterocycles. The SMILES string of the molecule is O=C(CN1C(=O)N[C@](Cc2ccccc2)(c2ccccc2)C1=O)c1ccc2c(c1)OCO2. The minimum atomic E-state index is -1.28. The summed E-state index contributed by atoms with van der Waals surface area (Å²) >= 11 is 0. The van der Waals surface area contributed by atoms with Crippen LogP contribution in [-0.4, -0.2) is 36.0 Å². The third kappa shape index (κ3) is 3.37. The van der Waals surface area contributed by atoms with Gasteiger partial charge in [0.25, 0.3) is 5.91 Å². The smallest absolute Gasteiger partial charge is 0.325 e. The first-order valence-electron chi connectivity index (χ1n) is 10.2. The lowest BCUT2D eigenvalue weighted by molar-refractivity contribution is -0.131. The van der Waals surface area contributed by atoms with Crippen molar-refractivity contribution in [2.24, 2.45) is 0 Å². The van der Waals surface area contributed by atoms with Crippen LogP contribution in [0.3, 0.4) is 0 Å². The molecule has 3 aromatic carbocycles. The fourth-order valence-electron chi connectivity index (χ4n) is 4.12. The number of amides is 3. The van der Waals surface area contributed by atoms with Crippen LogP contribution in [0.15, 0.2) is 78.9 Å². The highest BCUT2D eigenvalue weighted by atomic mass is 16.7. The van der Waals surface area contributed by atoms with Gasteiger partial charge >= 0.3 is 6.03 Å². The molecular formula is C25H20N2O5. The van der Waals surface area contributed by atoms with Gasteiger partial charge in [-0.1, -0.05) is 60.7 Å². The molecule has 2 heterocycles. The second kappa shape index (κ2) is 7.85. The summed E-state index contributed by atoms with van der Waals surface area (Å²) in [7, 11) is 0. The van der Waals surface area contributed by atoms with Gasteiger partial charge in [-0.05, 0) is 29.3 Å². The van der Waals surface area contributed by atoms with Crippen LogP contribution in [-0.2, 0) is 16.8 Å². The highest BCUT2D eigenvalue weighted by molar-refractivity contribution is 6.11. The molecule has 32 heavy (non-hydrogen) atoms. The molecule has 1 saturated heterocycles. The van der Waals surface area contributed by atoms with Crippen molar-refractivity contribution in [1.29, 1.82) is 0 Å². The number of nitrogens with zero attached hydrogens (tertiary/aromatic N) is 1. The number of hydrogen-bond acceptors (Lipinski definition) is 5. The van der Waals surface area contributed by atoms with Gasteiger partial charge in [0.15, 0.2) is 22.8 Å². The maximum atomic E-state index is 13.6. The monoisotopic (exact) mass is 428 g/mol. The fraction of sp³-hybridized carbons (Fsp3) is 0.160. The number of benzene rings is 3. The molecular weight excluding hydrogens is 408 g/mol. The van der Waals surface area contributed by atoms with Gasteiger partial charge in [-0.25, -0.2) is 4.79 Å². The Morgan fingerprint density at radius 2 is 1.59 bits per heavy atom. The van der Waals surface area contributed by atoms with E-state index in [0.717, 1.165) is 10.5 Å². The molecule has 7 nitrogen and oxygen atoms in total. The van der Waals surface area contributed by atoms with E-state index in [2.05, 4.69) is 5.32 Å². The Bertz CT molecular complexity index is 1200. The van der Waals surface area contributed by atoms with E-state index in [1.807, 2.05) is 60.7 Å². The maximum absolute atomic E-state index is 13.6. The molecule has 0 radical (unpaired) electrons. The first kappa shape index (κ1) is 19.8. The molecule has 0 bridgehead atoms. The molecule has 0 saturated carbocycles. The standard InChI is InChI=1S/C25H20N2O5/c28-20(18-11-12-21-22(13-18)32-16-31-21)15-27-23(29)25(26-24(27)30,19-9-5-2-6-10-19)14-17-7-3-1-4-8-17/h1-13H,14-16H2,(H,26,30)/t25-/m1/s1. The predicted octanol–water partition coefficient (Wildman–Crippen LogP) is 3.29. The predicted molar refractivity (Wildman–Crippen MR) is 115 cm³/mol. The summed E-state index contributed by atoms with van der Waals surface area (Å²) in [5.74, 6) is 0.209. The van der Waals surface area contributed by atoms with E-state index in [1.54, 1.807) is 18.2 Å². The molecule has 0 spiro atoms. The second-order valence-corrected chi connectivity index (χ2v) is 7.75. The number of carbonyl (C=O) groups excluding carboxylic acids is 3. The van der Waals surface area contributed by atoms with E-state index in [1.165, 1.54) is 0 Å². The highest BCUT2D eigenvalue weighted by Gasteiger charge is 2.52. The van der Waals surface area contributed by atoms with Crippen molar-refractivity contribution < 1.29 is 23.9 Å². The molecule has 5 rings (SSSR count). The molecule has 1 N–H and O–H groups in total. The topological polar surface area (TPSA) is 84.9 Å². The molecule has 2 aliphatic rings. The van der Waals surface area contributed by atoms with E-state index in [-0.39, 0.29) is 25.5 Å². The molecule has 1 atom stereocenters. The summed E-state index contributed by atoms with van der Waals surface area (Å²) < 4.78 is 10.6. The van der Waals surface area contributed by atoms with Crippen molar-refractivity contribution in [2.45, 2.75) is 12.0 Å². The Hall–Kier alpha value is -4.13. The zero-order valence-electron chi connectivity index (χ0n) is 17.1. The number of carbonyl (C=O) groups is 3. The Morgan fingerprint density at radius 1 is 0.906 bits per heavy atom. The molecule has 1 fully saturated rings. The molecule has 0 aliphatic carbocycles. The number of rotatable bonds is 6. The van der Waals surface area contributed by atoms with Crippen LogP contribution in [0.2, 0.25) is 0 Å². The number of ketones is 1. The largest absolute Gasteiger partial charge is 0.454 e. The minimum absolute atomic E-state index is 0.0963. The van der Waals surface area contributed by atoms with Gasteiger partial charge in [0.05, 0.1) is 6.54 Å². The number of urea groups is 1. The molecule has 2 aliphatic heterocycles. The average molecular weight is 428 g/mol. The Balaban J connectivity index is 1.45. The third-order valence-corrected chi connectivity index (χ3v) is 5.75. The summed E-state index contributed by atoms with van der Waals surface area (Å²) in [6, 6.07) is 22.8. The van der Waals surface area contributed by atoms with Gasteiger partial charge in [-0.2, -0.15) is 0 Å². The summed E-state index contributed by atoms with van der Waals surface area (Å²) in [6.45, 7) is -0.271. The van der Waals surface area contributed by atoms with Crippen LogP contribution in [0, 0.1) is 0 Å². The Morgan fingerprint density at radius 3 is 2.34 bits per heavy atom. The zero-order chi connectivity index (χ0) is 22.1. The molecule has 7 heteroatoms. The molecule has 160 valence electrons. The van der Waals surface area contributed by atoms with Crippen LogP contribution in [0.1, 0.15) is 21.5 Å². The first-order valence-corrected chi connectivity index (χ1v) is 10.2. The van der Waals surface area contributed by atoms with E-state index in [9.17, 15) is 14.4 Å². The van der Waals surface area contributed by atoms with Crippen molar-refractivity contribution >= 4 is 17.7 Å². The lowest BCUT2D eigenvalue weighted by atomic mass is 9.83. The van der Waals surface area contributed by atoms with E-state index in [4.69, 9.17) is 9.47 Å².